The van der Waals surface area contributed by atoms with Gasteiger partial charge in [0, 0.05) is 17.5 Å². The highest BCUT2D eigenvalue weighted by atomic mass is 16.7. The Hall–Kier alpha value is -3.35. The summed E-state index contributed by atoms with van der Waals surface area (Å²) in [5.41, 5.74) is 1.46. The third-order valence-corrected chi connectivity index (χ3v) is 4.68. The zero-order chi connectivity index (χ0) is 18.2. The van der Waals surface area contributed by atoms with Gasteiger partial charge < -0.3 is 14.8 Å². The van der Waals surface area contributed by atoms with Gasteiger partial charge in [0.1, 0.15) is 0 Å². The van der Waals surface area contributed by atoms with E-state index in [0.717, 1.165) is 30.1 Å². The molecule has 1 N–H and O–H groups in total. The second kappa shape index (κ2) is 6.42. The Balaban J connectivity index is 1.42. The minimum atomic E-state index is -0.135. The molecule has 7 heteroatoms. The summed E-state index contributed by atoms with van der Waals surface area (Å²) >= 11 is 0. The van der Waals surface area contributed by atoms with Crippen molar-refractivity contribution >= 4 is 5.91 Å². The summed E-state index contributed by atoms with van der Waals surface area (Å²) in [5, 5.41) is 7.61. The maximum Gasteiger partial charge on any atom is 0.251 e. The van der Waals surface area contributed by atoms with E-state index in [1.165, 1.54) is 0 Å². The average molecular weight is 362 g/mol. The second-order valence-electron chi connectivity index (χ2n) is 6.66. The highest BCUT2D eigenvalue weighted by Crippen LogP contribution is 2.39. The van der Waals surface area contributed by atoms with E-state index in [2.05, 4.69) is 15.4 Å². The Morgan fingerprint density at radius 2 is 1.93 bits per heavy atom. The average Bonchev–Trinajstić information content (AvgIpc) is 3.30. The first-order valence-electron chi connectivity index (χ1n) is 8.97. The van der Waals surface area contributed by atoms with Crippen molar-refractivity contribution in [2.45, 2.75) is 25.3 Å². The predicted molar refractivity (Wildman–Crippen MR) is 97.1 cm³/mol. The Morgan fingerprint density at radius 3 is 2.74 bits per heavy atom. The smallest absolute Gasteiger partial charge is 0.251 e. The third kappa shape index (κ3) is 3.12. The number of benzene rings is 2. The lowest BCUT2D eigenvalue weighted by Crippen LogP contribution is -2.24. The largest absolute Gasteiger partial charge is 0.454 e. The monoisotopic (exact) mass is 362 g/mol. The van der Waals surface area contributed by atoms with Gasteiger partial charge in [0.2, 0.25) is 6.79 Å². The molecule has 0 radical (unpaired) electrons. The number of nitrogens with zero attached hydrogens (tertiary/aromatic N) is 3. The van der Waals surface area contributed by atoms with Gasteiger partial charge in [-0.1, -0.05) is 18.2 Å². The van der Waals surface area contributed by atoms with Crippen LogP contribution < -0.4 is 14.8 Å². The summed E-state index contributed by atoms with van der Waals surface area (Å²) in [6, 6.07) is 14.8. The van der Waals surface area contributed by atoms with Crippen molar-refractivity contribution in [2.75, 3.05) is 6.79 Å². The van der Waals surface area contributed by atoms with Crippen LogP contribution >= 0.6 is 0 Å². The number of rotatable bonds is 5. The first kappa shape index (κ1) is 15.9. The van der Waals surface area contributed by atoms with Crippen LogP contribution in [0.4, 0.5) is 0 Å². The third-order valence-electron chi connectivity index (χ3n) is 4.68. The van der Waals surface area contributed by atoms with Gasteiger partial charge >= 0.3 is 0 Å². The fourth-order valence-electron chi connectivity index (χ4n) is 3.07. The molecule has 1 saturated carbocycles. The molecule has 5 rings (SSSR count). The van der Waals surface area contributed by atoms with Crippen LogP contribution in [-0.2, 0) is 6.54 Å². The topological polar surface area (TPSA) is 78.3 Å². The van der Waals surface area contributed by atoms with Crippen molar-refractivity contribution in [1.29, 1.82) is 0 Å². The van der Waals surface area contributed by atoms with Crippen LogP contribution in [0.2, 0.25) is 0 Å². The highest BCUT2D eigenvalue weighted by molar-refractivity contribution is 5.94. The fourth-order valence-corrected chi connectivity index (χ4v) is 3.07. The molecule has 2 aliphatic rings. The minimum Gasteiger partial charge on any atom is -0.454 e. The maximum atomic E-state index is 12.4. The fraction of sp³-hybridized carbons (Fsp3) is 0.250. The lowest BCUT2D eigenvalue weighted by atomic mass is 10.2. The van der Waals surface area contributed by atoms with Crippen molar-refractivity contribution in [1.82, 2.24) is 20.1 Å². The Morgan fingerprint density at radius 1 is 1.11 bits per heavy atom. The van der Waals surface area contributed by atoms with Crippen LogP contribution in [0.15, 0.2) is 48.5 Å². The summed E-state index contributed by atoms with van der Waals surface area (Å²) in [5.74, 6) is 3.22. The standard InChI is InChI=1S/C20H18N4O3/c25-20(14-4-2-1-3-5-14)21-11-18-22-19(13-6-7-13)23-24(18)15-8-9-16-17(10-15)27-12-26-16/h1-5,8-10,13H,6-7,11-12H2,(H,21,25). The zero-order valence-electron chi connectivity index (χ0n) is 14.6. The summed E-state index contributed by atoms with van der Waals surface area (Å²) < 4.78 is 12.6. The first-order chi connectivity index (χ1) is 13.3. The molecule has 136 valence electrons. The number of carbonyl (C=O) groups is 1. The van der Waals surface area contributed by atoms with Crippen LogP contribution in [-0.4, -0.2) is 27.5 Å². The predicted octanol–water partition coefficient (Wildman–Crippen LogP) is 2.80. The van der Waals surface area contributed by atoms with E-state index < -0.39 is 0 Å². The highest BCUT2D eigenvalue weighted by Gasteiger charge is 2.29. The van der Waals surface area contributed by atoms with E-state index in [1.54, 1.807) is 16.8 Å². The van der Waals surface area contributed by atoms with Gasteiger partial charge in [-0.3, -0.25) is 4.79 Å². The molecule has 1 aliphatic heterocycles. The number of amides is 1. The SMILES string of the molecule is O=C(NCc1nc(C2CC2)nn1-c1ccc2c(c1)OCO2)c1ccccc1. The van der Waals surface area contributed by atoms with Gasteiger partial charge in [0.15, 0.2) is 23.1 Å². The quantitative estimate of drug-likeness (QED) is 0.755. The Labute approximate surface area is 155 Å². The summed E-state index contributed by atoms with van der Waals surface area (Å²) in [4.78, 5) is 17.0. The molecule has 1 aromatic heterocycles. The molecule has 0 spiro atoms. The number of nitrogens with one attached hydrogen (secondary N) is 1. The van der Waals surface area contributed by atoms with Crippen LogP contribution in [0.25, 0.3) is 5.69 Å². The number of carbonyl (C=O) groups excluding carboxylic acids is 1. The van der Waals surface area contributed by atoms with E-state index in [-0.39, 0.29) is 12.7 Å². The van der Waals surface area contributed by atoms with Crippen molar-refractivity contribution in [3.63, 3.8) is 0 Å². The molecule has 0 atom stereocenters. The number of fused-ring (bicyclic) bond motifs is 1. The molecule has 0 bridgehead atoms. The number of ether oxygens (including phenoxy) is 2. The van der Waals surface area contributed by atoms with Gasteiger partial charge in [-0.05, 0) is 37.1 Å². The number of hydrogen-bond acceptors (Lipinski definition) is 5. The van der Waals surface area contributed by atoms with Gasteiger partial charge in [-0.25, -0.2) is 9.67 Å². The minimum absolute atomic E-state index is 0.135. The normalized spacial score (nSPS) is 15.0. The molecule has 3 aromatic rings. The Kier molecular flexibility index (Phi) is 3.78. The maximum absolute atomic E-state index is 12.4. The van der Waals surface area contributed by atoms with Gasteiger partial charge in [-0.2, -0.15) is 5.10 Å². The van der Waals surface area contributed by atoms with E-state index in [4.69, 9.17) is 9.47 Å². The molecule has 2 aromatic carbocycles. The number of aromatic nitrogens is 3. The molecule has 7 nitrogen and oxygen atoms in total. The first-order valence-corrected chi connectivity index (χ1v) is 8.97. The van der Waals surface area contributed by atoms with Crippen LogP contribution in [0.5, 0.6) is 11.5 Å². The lowest BCUT2D eigenvalue weighted by molar-refractivity contribution is 0.0949. The van der Waals surface area contributed by atoms with Crippen molar-refractivity contribution in [3.8, 4) is 17.2 Å². The Bertz CT molecular complexity index is 996. The molecule has 0 unspecified atom stereocenters. The van der Waals surface area contributed by atoms with E-state index in [9.17, 15) is 4.79 Å². The molecule has 1 amide bonds. The molecular weight excluding hydrogens is 344 g/mol. The van der Waals surface area contributed by atoms with Crippen molar-refractivity contribution in [3.05, 3.63) is 65.7 Å². The van der Waals surface area contributed by atoms with E-state index in [1.807, 2.05) is 36.4 Å². The zero-order valence-corrected chi connectivity index (χ0v) is 14.6. The van der Waals surface area contributed by atoms with Crippen LogP contribution in [0.1, 0.15) is 40.8 Å². The van der Waals surface area contributed by atoms with Crippen molar-refractivity contribution < 1.29 is 14.3 Å². The molecule has 27 heavy (non-hydrogen) atoms. The number of hydrogen-bond donors (Lipinski definition) is 1. The van der Waals surface area contributed by atoms with E-state index in [0.29, 0.717) is 29.6 Å². The van der Waals surface area contributed by atoms with Gasteiger partial charge in [-0.15, -0.1) is 0 Å². The van der Waals surface area contributed by atoms with Gasteiger partial charge in [0.05, 0.1) is 12.2 Å². The molecular formula is C20H18N4O3. The van der Waals surface area contributed by atoms with E-state index >= 15 is 0 Å². The molecule has 2 heterocycles. The second-order valence-corrected chi connectivity index (χ2v) is 6.66. The molecule has 1 aliphatic carbocycles. The summed E-state index contributed by atoms with van der Waals surface area (Å²) in [7, 11) is 0. The summed E-state index contributed by atoms with van der Waals surface area (Å²) in [6.45, 7) is 0.519. The summed E-state index contributed by atoms with van der Waals surface area (Å²) in [6.07, 6.45) is 2.22. The van der Waals surface area contributed by atoms with Gasteiger partial charge in [0.25, 0.3) is 5.91 Å². The van der Waals surface area contributed by atoms with Crippen LogP contribution in [0.3, 0.4) is 0 Å². The molecule has 1 fully saturated rings. The molecule has 0 saturated heterocycles. The lowest BCUT2D eigenvalue weighted by Gasteiger charge is -2.08. The van der Waals surface area contributed by atoms with Crippen LogP contribution in [0, 0.1) is 0 Å². The van der Waals surface area contributed by atoms with Crippen molar-refractivity contribution in [2.24, 2.45) is 0 Å².